The molecule has 1 N–H and O–H groups in total. The number of hydrogen-bond donors (Lipinski definition) is 1. The van der Waals surface area contributed by atoms with Crippen LogP contribution in [0.15, 0.2) is 78.9 Å². The number of nitrogens with zero attached hydrogens (tertiary/aromatic N) is 1. The molecule has 4 aromatic rings. The van der Waals surface area contributed by atoms with Crippen LogP contribution in [-0.2, 0) is 20.4 Å². The quantitative estimate of drug-likeness (QED) is 0.447. The number of fused-ring (bicyclic) bond motifs is 1. The molecular formula is C23H20N2O3S2. The second kappa shape index (κ2) is 8.77. The molecule has 0 saturated heterocycles. The number of para-hydroxylation sites is 1. The molecule has 1 aromatic heterocycles. The average molecular weight is 437 g/mol. The Bertz CT molecular complexity index is 1230. The summed E-state index contributed by atoms with van der Waals surface area (Å²) in [4.78, 5) is 16.8. The third kappa shape index (κ3) is 5.11. The molecule has 4 rings (SSSR count). The fraction of sp³-hybridized carbons (Fsp3) is 0.130. The summed E-state index contributed by atoms with van der Waals surface area (Å²) < 4.78 is 25.6. The Hall–Kier alpha value is -3.03. The van der Waals surface area contributed by atoms with Gasteiger partial charge in [-0.15, -0.1) is 11.3 Å². The minimum atomic E-state index is -3.35. The maximum atomic E-state index is 12.2. The number of anilines is 1. The summed E-state index contributed by atoms with van der Waals surface area (Å²) >= 11 is 1.62. The molecule has 0 unspecified atom stereocenters. The van der Waals surface area contributed by atoms with Gasteiger partial charge in [0.2, 0.25) is 5.91 Å². The summed E-state index contributed by atoms with van der Waals surface area (Å²) in [5.74, 6) is -0.561. The second-order valence-corrected chi connectivity index (χ2v) is 10.2. The molecule has 0 aliphatic heterocycles. The molecule has 0 atom stereocenters. The van der Waals surface area contributed by atoms with E-state index in [1.807, 2.05) is 42.5 Å². The molecule has 0 saturated carbocycles. The summed E-state index contributed by atoms with van der Waals surface area (Å²) in [6.45, 7) is 0. The summed E-state index contributed by atoms with van der Waals surface area (Å²) in [7, 11) is -3.35. The van der Waals surface area contributed by atoms with Gasteiger partial charge in [0.1, 0.15) is 5.01 Å². The third-order valence-corrected chi connectivity index (χ3v) is 7.26. The number of amides is 1. The number of carbonyl (C=O) groups excluding carboxylic acids is 1. The molecule has 0 aliphatic rings. The summed E-state index contributed by atoms with van der Waals surface area (Å²) in [5, 5.41) is 3.68. The van der Waals surface area contributed by atoms with Gasteiger partial charge in [-0.2, -0.15) is 0 Å². The molecule has 1 heterocycles. The van der Waals surface area contributed by atoms with Gasteiger partial charge in [-0.1, -0.05) is 42.5 Å². The normalized spacial score (nSPS) is 11.5. The molecule has 0 bridgehead atoms. The first kappa shape index (κ1) is 20.3. The summed E-state index contributed by atoms with van der Waals surface area (Å²) in [6, 6.07) is 24.4. The van der Waals surface area contributed by atoms with Gasteiger partial charge in [0.25, 0.3) is 0 Å². The third-order valence-electron chi connectivity index (χ3n) is 4.58. The van der Waals surface area contributed by atoms with E-state index in [-0.39, 0.29) is 23.8 Å². The molecule has 0 radical (unpaired) electrons. The van der Waals surface area contributed by atoms with E-state index >= 15 is 0 Å². The van der Waals surface area contributed by atoms with Crippen LogP contribution in [-0.4, -0.2) is 25.1 Å². The fourth-order valence-electron chi connectivity index (χ4n) is 3.06. The van der Waals surface area contributed by atoms with Crippen LogP contribution >= 0.6 is 11.3 Å². The highest BCUT2D eigenvalue weighted by Gasteiger charge is 2.15. The van der Waals surface area contributed by atoms with Crippen LogP contribution in [0, 0.1) is 0 Å². The first-order chi connectivity index (χ1) is 14.5. The molecule has 1 amide bonds. The van der Waals surface area contributed by atoms with E-state index < -0.39 is 9.84 Å². The minimum absolute atomic E-state index is 0.0576. The van der Waals surface area contributed by atoms with Gasteiger partial charge >= 0.3 is 0 Å². The van der Waals surface area contributed by atoms with Gasteiger partial charge < -0.3 is 5.32 Å². The molecule has 0 spiro atoms. The van der Waals surface area contributed by atoms with Crippen molar-refractivity contribution < 1.29 is 13.2 Å². The molecule has 0 aliphatic carbocycles. The molecule has 30 heavy (non-hydrogen) atoms. The molecule has 5 nitrogen and oxygen atoms in total. The number of carbonyl (C=O) groups is 1. The van der Waals surface area contributed by atoms with Crippen molar-refractivity contribution in [1.82, 2.24) is 4.98 Å². The minimum Gasteiger partial charge on any atom is -0.326 e. The molecule has 3 aromatic carbocycles. The highest BCUT2D eigenvalue weighted by atomic mass is 32.2. The van der Waals surface area contributed by atoms with Gasteiger partial charge in [0, 0.05) is 17.7 Å². The number of nitrogens with one attached hydrogen (secondary N) is 1. The van der Waals surface area contributed by atoms with Crippen molar-refractivity contribution in [1.29, 1.82) is 0 Å². The highest BCUT2D eigenvalue weighted by Crippen LogP contribution is 2.30. The SMILES string of the molecule is O=C(CCS(=O)(=O)Cc1ccccc1)Nc1ccc(-c2nc3ccccc3s2)cc1. The van der Waals surface area contributed by atoms with E-state index in [2.05, 4.69) is 10.3 Å². The monoisotopic (exact) mass is 436 g/mol. The van der Waals surface area contributed by atoms with Crippen LogP contribution in [0.5, 0.6) is 0 Å². The predicted molar refractivity (Wildman–Crippen MR) is 122 cm³/mol. The lowest BCUT2D eigenvalue weighted by molar-refractivity contribution is -0.115. The van der Waals surface area contributed by atoms with Crippen molar-refractivity contribution in [2.45, 2.75) is 12.2 Å². The van der Waals surface area contributed by atoms with Crippen molar-refractivity contribution >= 4 is 43.0 Å². The van der Waals surface area contributed by atoms with Crippen molar-refractivity contribution in [2.24, 2.45) is 0 Å². The Morgan fingerprint density at radius 2 is 1.60 bits per heavy atom. The average Bonchev–Trinajstić information content (AvgIpc) is 3.18. The smallest absolute Gasteiger partial charge is 0.225 e. The summed E-state index contributed by atoms with van der Waals surface area (Å²) in [6.07, 6.45) is -0.0746. The van der Waals surface area contributed by atoms with Gasteiger partial charge in [0.05, 0.1) is 21.7 Å². The van der Waals surface area contributed by atoms with E-state index in [9.17, 15) is 13.2 Å². The van der Waals surface area contributed by atoms with Crippen LogP contribution in [0.2, 0.25) is 0 Å². The van der Waals surface area contributed by atoms with Crippen molar-refractivity contribution in [2.75, 3.05) is 11.1 Å². The van der Waals surface area contributed by atoms with Crippen LogP contribution in [0.25, 0.3) is 20.8 Å². The van der Waals surface area contributed by atoms with Crippen LogP contribution in [0.1, 0.15) is 12.0 Å². The standard InChI is InChI=1S/C23H20N2O3S2/c26-22(14-15-30(27,28)16-17-6-2-1-3-7-17)24-19-12-10-18(11-13-19)23-25-20-8-4-5-9-21(20)29-23/h1-13H,14-16H2,(H,24,26). The lowest BCUT2D eigenvalue weighted by Crippen LogP contribution is -2.18. The lowest BCUT2D eigenvalue weighted by Gasteiger charge is -2.07. The lowest BCUT2D eigenvalue weighted by atomic mass is 10.2. The topological polar surface area (TPSA) is 76.1 Å². The van der Waals surface area contributed by atoms with Crippen molar-refractivity contribution in [3.8, 4) is 10.6 Å². The molecule has 0 fully saturated rings. The zero-order valence-electron chi connectivity index (χ0n) is 16.1. The Kier molecular flexibility index (Phi) is 5.92. The molecular weight excluding hydrogens is 416 g/mol. The molecule has 152 valence electrons. The second-order valence-electron chi connectivity index (χ2n) is 6.94. The van der Waals surface area contributed by atoms with E-state index in [1.165, 1.54) is 0 Å². The Labute approximate surface area is 179 Å². The van der Waals surface area contributed by atoms with Crippen LogP contribution < -0.4 is 5.32 Å². The van der Waals surface area contributed by atoms with E-state index in [4.69, 9.17) is 0 Å². The largest absolute Gasteiger partial charge is 0.326 e. The van der Waals surface area contributed by atoms with Crippen LogP contribution in [0.4, 0.5) is 5.69 Å². The number of rotatable bonds is 7. The zero-order chi connectivity index (χ0) is 21.0. The van der Waals surface area contributed by atoms with E-state index in [1.54, 1.807) is 47.7 Å². The first-order valence-corrected chi connectivity index (χ1v) is 12.1. The fourth-order valence-corrected chi connectivity index (χ4v) is 5.38. The number of thiazole rings is 1. The molecule has 7 heteroatoms. The maximum absolute atomic E-state index is 12.2. The Balaban J connectivity index is 1.34. The number of benzene rings is 3. The van der Waals surface area contributed by atoms with Crippen molar-refractivity contribution in [3.05, 3.63) is 84.4 Å². The van der Waals surface area contributed by atoms with Gasteiger partial charge in [0.15, 0.2) is 9.84 Å². The number of sulfone groups is 1. The Morgan fingerprint density at radius 3 is 2.33 bits per heavy atom. The zero-order valence-corrected chi connectivity index (χ0v) is 17.7. The predicted octanol–water partition coefficient (Wildman–Crippen LogP) is 4.91. The summed E-state index contributed by atoms with van der Waals surface area (Å²) in [5.41, 5.74) is 3.29. The van der Waals surface area contributed by atoms with Gasteiger partial charge in [-0.05, 0) is 42.0 Å². The number of hydrogen-bond acceptors (Lipinski definition) is 5. The van der Waals surface area contributed by atoms with Gasteiger partial charge in [-0.25, -0.2) is 13.4 Å². The maximum Gasteiger partial charge on any atom is 0.225 e. The van der Waals surface area contributed by atoms with E-state index in [0.717, 1.165) is 26.4 Å². The highest BCUT2D eigenvalue weighted by molar-refractivity contribution is 7.90. The van der Waals surface area contributed by atoms with E-state index in [0.29, 0.717) is 5.69 Å². The number of aromatic nitrogens is 1. The Morgan fingerprint density at radius 1 is 0.900 bits per heavy atom. The van der Waals surface area contributed by atoms with Gasteiger partial charge in [-0.3, -0.25) is 4.79 Å². The van der Waals surface area contributed by atoms with Crippen LogP contribution in [0.3, 0.4) is 0 Å². The first-order valence-electron chi connectivity index (χ1n) is 9.49. The van der Waals surface area contributed by atoms with Crippen molar-refractivity contribution in [3.63, 3.8) is 0 Å².